The van der Waals surface area contributed by atoms with Crippen molar-refractivity contribution in [2.75, 3.05) is 0 Å². The fourth-order valence-electron chi connectivity index (χ4n) is 6.27. The van der Waals surface area contributed by atoms with Crippen molar-refractivity contribution in [3.05, 3.63) is 35.2 Å². The van der Waals surface area contributed by atoms with Crippen LogP contribution in [0.15, 0.2) is 18.2 Å². The Balaban J connectivity index is 1.26. The number of benzene rings is 1. The van der Waals surface area contributed by atoms with E-state index in [-0.39, 0.29) is 11.4 Å². The minimum atomic E-state index is -0.827. The number of ether oxygens (including phenoxy) is 1. The zero-order chi connectivity index (χ0) is 21.0. The summed E-state index contributed by atoms with van der Waals surface area (Å²) in [7, 11) is 0. The fraction of sp³-hybridized carbons (Fsp3) is 0.583. The minimum absolute atomic E-state index is 0.0829. The SMILES string of the molecule is Cc1nc2ccc(C(=O)O[C@@H](C)C(=O)NC34CC5CC(CC(C5)C3)C4)cc2nc1C. The molecule has 4 bridgehead atoms. The fourth-order valence-corrected chi connectivity index (χ4v) is 6.27. The highest BCUT2D eigenvalue weighted by Crippen LogP contribution is 2.55. The van der Waals surface area contributed by atoms with Gasteiger partial charge in [0.05, 0.1) is 28.0 Å². The average molecular weight is 408 g/mol. The molecule has 2 aromatic rings. The summed E-state index contributed by atoms with van der Waals surface area (Å²) in [6.07, 6.45) is 6.37. The maximum Gasteiger partial charge on any atom is 0.338 e. The quantitative estimate of drug-likeness (QED) is 0.778. The normalized spacial score (nSPS) is 30.3. The summed E-state index contributed by atoms with van der Waals surface area (Å²) in [4.78, 5) is 34.5. The number of nitrogens with zero attached hydrogens (tertiary/aromatic N) is 2. The number of hydrogen-bond donors (Lipinski definition) is 1. The van der Waals surface area contributed by atoms with Crippen molar-refractivity contribution in [1.29, 1.82) is 0 Å². The van der Waals surface area contributed by atoms with Gasteiger partial charge in [-0.05, 0) is 95.2 Å². The van der Waals surface area contributed by atoms with Crippen molar-refractivity contribution < 1.29 is 14.3 Å². The van der Waals surface area contributed by atoms with Crippen LogP contribution in [0.3, 0.4) is 0 Å². The van der Waals surface area contributed by atoms with E-state index in [2.05, 4.69) is 15.3 Å². The number of carbonyl (C=O) groups is 2. The van der Waals surface area contributed by atoms with Gasteiger partial charge in [-0.2, -0.15) is 0 Å². The van der Waals surface area contributed by atoms with Gasteiger partial charge in [0.15, 0.2) is 6.10 Å². The second-order valence-electron chi connectivity index (χ2n) is 9.83. The van der Waals surface area contributed by atoms with Crippen molar-refractivity contribution in [2.24, 2.45) is 17.8 Å². The first kappa shape index (κ1) is 19.5. The van der Waals surface area contributed by atoms with Crippen molar-refractivity contribution >= 4 is 22.9 Å². The molecule has 6 nitrogen and oxygen atoms in total. The number of nitrogens with one attached hydrogen (secondary N) is 1. The van der Waals surface area contributed by atoms with Crippen LogP contribution in [0.4, 0.5) is 0 Å². The second kappa shape index (κ2) is 7.03. The van der Waals surface area contributed by atoms with Gasteiger partial charge >= 0.3 is 5.97 Å². The largest absolute Gasteiger partial charge is 0.449 e. The lowest BCUT2D eigenvalue weighted by atomic mass is 9.53. The van der Waals surface area contributed by atoms with E-state index in [0.29, 0.717) is 11.1 Å². The molecular formula is C24H29N3O3. The number of hydrogen-bond acceptors (Lipinski definition) is 5. The van der Waals surface area contributed by atoms with Crippen LogP contribution in [0.25, 0.3) is 11.0 Å². The summed E-state index contributed by atoms with van der Waals surface area (Å²) >= 11 is 0. The smallest absolute Gasteiger partial charge is 0.338 e. The highest BCUT2D eigenvalue weighted by molar-refractivity contribution is 5.95. The summed E-state index contributed by atoms with van der Waals surface area (Å²) < 4.78 is 5.52. The first-order chi connectivity index (χ1) is 14.3. The third-order valence-electron chi connectivity index (χ3n) is 7.39. The molecule has 0 unspecified atom stereocenters. The Morgan fingerprint density at radius 1 is 1.00 bits per heavy atom. The summed E-state index contributed by atoms with van der Waals surface area (Å²) in [6, 6.07) is 5.13. The van der Waals surface area contributed by atoms with E-state index >= 15 is 0 Å². The number of fused-ring (bicyclic) bond motifs is 1. The number of rotatable bonds is 4. The highest BCUT2D eigenvalue weighted by atomic mass is 16.5. The molecule has 1 N–H and O–H groups in total. The van der Waals surface area contributed by atoms with Crippen LogP contribution >= 0.6 is 0 Å². The van der Waals surface area contributed by atoms with Crippen molar-refractivity contribution in [1.82, 2.24) is 15.3 Å². The van der Waals surface area contributed by atoms with E-state index in [1.807, 2.05) is 13.8 Å². The molecule has 1 heterocycles. The predicted octanol–water partition coefficient (Wildman–Crippen LogP) is 3.88. The lowest BCUT2D eigenvalue weighted by molar-refractivity contribution is -0.134. The number of aromatic nitrogens is 2. The first-order valence-electron chi connectivity index (χ1n) is 11.1. The number of carbonyl (C=O) groups excluding carboxylic acids is 2. The van der Waals surface area contributed by atoms with E-state index in [0.717, 1.165) is 53.9 Å². The van der Waals surface area contributed by atoms with Gasteiger partial charge in [-0.1, -0.05) is 0 Å². The van der Waals surface area contributed by atoms with Gasteiger partial charge in [0, 0.05) is 5.54 Å². The van der Waals surface area contributed by atoms with Crippen LogP contribution in [0.2, 0.25) is 0 Å². The Kier molecular flexibility index (Phi) is 4.56. The Bertz CT molecular complexity index is 996. The Hall–Kier alpha value is -2.50. The molecule has 0 saturated heterocycles. The van der Waals surface area contributed by atoms with Gasteiger partial charge in [0.1, 0.15) is 0 Å². The van der Waals surface area contributed by atoms with Crippen molar-refractivity contribution in [3.63, 3.8) is 0 Å². The molecule has 0 spiro atoms. The van der Waals surface area contributed by atoms with E-state index in [4.69, 9.17) is 4.74 Å². The third kappa shape index (κ3) is 3.46. The first-order valence-corrected chi connectivity index (χ1v) is 11.1. The van der Waals surface area contributed by atoms with Crippen LogP contribution in [0, 0.1) is 31.6 Å². The van der Waals surface area contributed by atoms with Crippen molar-refractivity contribution in [2.45, 2.75) is 70.9 Å². The topological polar surface area (TPSA) is 81.2 Å². The highest BCUT2D eigenvalue weighted by Gasteiger charge is 2.51. The monoisotopic (exact) mass is 407 g/mol. The molecule has 6 heteroatoms. The molecule has 30 heavy (non-hydrogen) atoms. The molecule has 4 saturated carbocycles. The maximum absolute atomic E-state index is 12.9. The van der Waals surface area contributed by atoms with Gasteiger partial charge in [-0.3, -0.25) is 4.79 Å². The predicted molar refractivity (Wildman–Crippen MR) is 113 cm³/mol. The average Bonchev–Trinajstić information content (AvgIpc) is 2.67. The van der Waals surface area contributed by atoms with E-state index in [1.165, 1.54) is 19.3 Å². The number of amides is 1. The third-order valence-corrected chi connectivity index (χ3v) is 7.39. The lowest BCUT2D eigenvalue weighted by Crippen LogP contribution is -2.61. The second-order valence-corrected chi connectivity index (χ2v) is 9.83. The van der Waals surface area contributed by atoms with Gasteiger partial charge in [-0.25, -0.2) is 14.8 Å². The van der Waals surface area contributed by atoms with Crippen LogP contribution < -0.4 is 5.32 Å². The zero-order valence-corrected chi connectivity index (χ0v) is 17.9. The summed E-state index contributed by atoms with van der Waals surface area (Å²) in [5.74, 6) is 1.56. The maximum atomic E-state index is 12.9. The van der Waals surface area contributed by atoms with Crippen molar-refractivity contribution in [3.8, 4) is 0 Å². The van der Waals surface area contributed by atoms with Gasteiger partial charge in [0.25, 0.3) is 5.91 Å². The van der Waals surface area contributed by atoms with Crippen LogP contribution in [0.1, 0.15) is 67.2 Å². The molecule has 6 rings (SSSR count). The number of esters is 1. The van der Waals surface area contributed by atoms with E-state index < -0.39 is 12.1 Å². The summed E-state index contributed by atoms with van der Waals surface area (Å²) in [6.45, 7) is 5.46. The Morgan fingerprint density at radius 2 is 1.57 bits per heavy atom. The van der Waals surface area contributed by atoms with Gasteiger partial charge in [-0.15, -0.1) is 0 Å². The molecule has 4 aliphatic carbocycles. The Labute approximate surface area is 176 Å². The molecule has 1 amide bonds. The summed E-state index contributed by atoms with van der Waals surface area (Å²) in [5.41, 5.74) is 3.39. The number of aryl methyl sites for hydroxylation is 2. The summed E-state index contributed by atoms with van der Waals surface area (Å²) in [5, 5.41) is 3.29. The molecule has 4 fully saturated rings. The van der Waals surface area contributed by atoms with Crippen LogP contribution in [-0.4, -0.2) is 33.5 Å². The zero-order valence-electron chi connectivity index (χ0n) is 17.9. The molecule has 4 aliphatic rings. The van der Waals surface area contributed by atoms with Gasteiger partial charge in [0.2, 0.25) is 0 Å². The molecule has 1 aromatic heterocycles. The molecule has 158 valence electrons. The molecular weight excluding hydrogens is 378 g/mol. The minimum Gasteiger partial charge on any atom is -0.449 e. The van der Waals surface area contributed by atoms with E-state index in [1.54, 1.807) is 25.1 Å². The standard InChI is InChI=1S/C24H29N3O3/c1-13-14(2)26-21-9-19(4-5-20(21)25-13)23(29)30-15(3)22(28)27-24-10-16-6-17(11-24)8-18(7-16)12-24/h4-5,9,15-18H,6-8,10-12H2,1-3H3,(H,27,28)/t15-,16?,17?,18?,24?/m0/s1. The Morgan fingerprint density at radius 3 is 2.17 bits per heavy atom. The lowest BCUT2D eigenvalue weighted by Gasteiger charge is -2.57. The van der Waals surface area contributed by atoms with Gasteiger partial charge < -0.3 is 10.1 Å². The van der Waals surface area contributed by atoms with E-state index in [9.17, 15) is 9.59 Å². The molecule has 1 atom stereocenters. The van der Waals surface area contributed by atoms with Crippen LogP contribution in [0.5, 0.6) is 0 Å². The molecule has 1 aromatic carbocycles. The molecule has 0 radical (unpaired) electrons. The van der Waals surface area contributed by atoms with Crippen LogP contribution in [-0.2, 0) is 9.53 Å². The molecule has 0 aliphatic heterocycles.